The molecule has 0 amide bonds. The Bertz CT molecular complexity index is 432. The zero-order chi connectivity index (χ0) is 12.6. The van der Waals surface area contributed by atoms with Gasteiger partial charge < -0.3 is 10.6 Å². The molecule has 2 rings (SSSR count). The highest BCUT2D eigenvalue weighted by molar-refractivity contribution is 9.10. The second-order valence-corrected chi connectivity index (χ2v) is 6.20. The molecule has 1 heterocycles. The maximum atomic E-state index is 14.2. The lowest BCUT2D eigenvalue weighted by Gasteiger charge is -2.23. The topological polar surface area (TPSA) is 29.3 Å². The molecule has 1 aliphatic heterocycles. The molecule has 0 aliphatic carbocycles. The van der Waals surface area contributed by atoms with Crippen molar-refractivity contribution in [1.29, 1.82) is 0 Å². The van der Waals surface area contributed by atoms with Crippen LogP contribution in [0.15, 0.2) is 16.6 Å². The Labute approximate surface area is 110 Å². The quantitative estimate of drug-likeness (QED) is 0.908. The fourth-order valence-corrected chi connectivity index (χ4v) is 2.80. The number of rotatable bonds is 2. The second kappa shape index (κ2) is 4.58. The van der Waals surface area contributed by atoms with E-state index in [1.807, 2.05) is 12.1 Å². The maximum Gasteiger partial charge on any atom is 0.160 e. The van der Waals surface area contributed by atoms with Gasteiger partial charge in [0, 0.05) is 19.6 Å². The fraction of sp³-hybridized carbons (Fsp3) is 0.538. The number of hydrogen-bond acceptors (Lipinski definition) is 2. The number of nitrogens with zero attached hydrogens (tertiary/aromatic N) is 1. The zero-order valence-corrected chi connectivity index (χ0v) is 11.8. The van der Waals surface area contributed by atoms with Crippen molar-refractivity contribution < 1.29 is 4.39 Å². The average molecular weight is 301 g/mol. The normalized spacial score (nSPS) is 18.8. The van der Waals surface area contributed by atoms with Gasteiger partial charge in [0.05, 0.1) is 10.2 Å². The predicted molar refractivity (Wildman–Crippen MR) is 72.6 cm³/mol. The Morgan fingerprint density at radius 3 is 2.71 bits per heavy atom. The van der Waals surface area contributed by atoms with Crippen LogP contribution in [0.1, 0.15) is 25.8 Å². The molecule has 94 valence electrons. The monoisotopic (exact) mass is 300 g/mol. The van der Waals surface area contributed by atoms with Crippen molar-refractivity contribution in [1.82, 2.24) is 0 Å². The van der Waals surface area contributed by atoms with E-state index in [0.29, 0.717) is 16.7 Å². The van der Waals surface area contributed by atoms with E-state index >= 15 is 0 Å². The third-order valence-corrected chi connectivity index (χ3v) is 4.24. The highest BCUT2D eigenvalue weighted by Crippen LogP contribution is 2.36. The first-order chi connectivity index (χ1) is 7.94. The predicted octanol–water partition coefficient (Wildman–Crippen LogP) is 3.28. The third-order valence-electron chi connectivity index (χ3n) is 3.38. The Morgan fingerprint density at radius 1 is 1.47 bits per heavy atom. The lowest BCUT2D eigenvalue weighted by molar-refractivity contribution is 0.418. The summed E-state index contributed by atoms with van der Waals surface area (Å²) in [6.45, 7) is 6.60. The molecule has 1 fully saturated rings. The van der Waals surface area contributed by atoms with Gasteiger partial charge in [0.2, 0.25) is 0 Å². The van der Waals surface area contributed by atoms with Gasteiger partial charge in [-0.2, -0.15) is 0 Å². The molecule has 0 spiro atoms. The number of nitrogens with two attached hydrogens (primary N) is 1. The highest BCUT2D eigenvalue weighted by Gasteiger charge is 2.31. The van der Waals surface area contributed by atoms with Gasteiger partial charge in [-0.3, -0.25) is 0 Å². The zero-order valence-electron chi connectivity index (χ0n) is 10.3. The molecule has 0 aromatic heterocycles. The summed E-state index contributed by atoms with van der Waals surface area (Å²) in [5.41, 5.74) is 7.32. The van der Waals surface area contributed by atoms with Crippen LogP contribution in [-0.4, -0.2) is 13.1 Å². The Hall–Kier alpha value is -0.610. The van der Waals surface area contributed by atoms with Gasteiger partial charge in [0.15, 0.2) is 5.82 Å². The van der Waals surface area contributed by atoms with E-state index < -0.39 is 0 Å². The van der Waals surface area contributed by atoms with Crippen molar-refractivity contribution in [3.05, 3.63) is 28.0 Å². The highest BCUT2D eigenvalue weighted by atomic mass is 79.9. The molecule has 2 nitrogen and oxygen atoms in total. The summed E-state index contributed by atoms with van der Waals surface area (Å²) in [5, 5.41) is 0. The number of anilines is 1. The third kappa shape index (κ3) is 2.47. The van der Waals surface area contributed by atoms with Gasteiger partial charge in [-0.25, -0.2) is 4.39 Å². The van der Waals surface area contributed by atoms with Crippen LogP contribution in [0.25, 0.3) is 0 Å². The first-order valence-corrected chi connectivity index (χ1v) is 6.66. The number of hydrogen-bond donors (Lipinski definition) is 1. The van der Waals surface area contributed by atoms with E-state index in [0.717, 1.165) is 25.1 Å². The van der Waals surface area contributed by atoms with Gasteiger partial charge in [0.1, 0.15) is 0 Å². The molecule has 4 heteroatoms. The lowest BCUT2D eigenvalue weighted by Crippen LogP contribution is -2.23. The first-order valence-electron chi connectivity index (χ1n) is 5.86. The van der Waals surface area contributed by atoms with Crippen LogP contribution >= 0.6 is 15.9 Å². The lowest BCUT2D eigenvalue weighted by atomic mass is 9.93. The second-order valence-electron chi connectivity index (χ2n) is 5.41. The minimum Gasteiger partial charge on any atom is -0.369 e. The van der Waals surface area contributed by atoms with Gasteiger partial charge >= 0.3 is 0 Å². The van der Waals surface area contributed by atoms with Crippen LogP contribution in [-0.2, 0) is 6.54 Å². The summed E-state index contributed by atoms with van der Waals surface area (Å²) in [6, 6.07) is 3.73. The van der Waals surface area contributed by atoms with Crippen molar-refractivity contribution >= 4 is 21.6 Å². The SMILES string of the molecule is CC1(C)CCN(c2ccc(CN)c(Br)c2F)C1. The molecule has 1 saturated heterocycles. The van der Waals surface area contributed by atoms with Crippen LogP contribution in [0.5, 0.6) is 0 Å². The molecule has 0 radical (unpaired) electrons. The van der Waals surface area contributed by atoms with E-state index in [2.05, 4.69) is 34.7 Å². The smallest absolute Gasteiger partial charge is 0.160 e. The van der Waals surface area contributed by atoms with Crippen molar-refractivity contribution in [3.8, 4) is 0 Å². The van der Waals surface area contributed by atoms with Gasteiger partial charge in [-0.1, -0.05) is 19.9 Å². The van der Waals surface area contributed by atoms with Gasteiger partial charge in [-0.05, 0) is 39.4 Å². The summed E-state index contributed by atoms with van der Waals surface area (Å²) in [5.74, 6) is -0.189. The van der Waals surface area contributed by atoms with Crippen molar-refractivity contribution in [3.63, 3.8) is 0 Å². The van der Waals surface area contributed by atoms with E-state index in [1.165, 1.54) is 0 Å². The molecule has 1 aliphatic rings. The minimum atomic E-state index is -0.189. The van der Waals surface area contributed by atoms with Crippen molar-refractivity contribution in [2.45, 2.75) is 26.8 Å². The molecular formula is C13H18BrFN2. The van der Waals surface area contributed by atoms with Crippen LogP contribution in [0.4, 0.5) is 10.1 Å². The minimum absolute atomic E-state index is 0.189. The molecule has 1 aromatic rings. The fourth-order valence-electron chi connectivity index (χ4n) is 2.30. The van der Waals surface area contributed by atoms with Crippen LogP contribution in [0, 0.1) is 11.2 Å². The van der Waals surface area contributed by atoms with E-state index in [4.69, 9.17) is 5.73 Å². The Balaban J connectivity index is 2.32. The van der Waals surface area contributed by atoms with E-state index in [9.17, 15) is 4.39 Å². The molecule has 0 saturated carbocycles. The summed E-state index contributed by atoms with van der Waals surface area (Å²) in [4.78, 5) is 2.11. The summed E-state index contributed by atoms with van der Waals surface area (Å²) in [6.07, 6.45) is 1.10. The summed E-state index contributed by atoms with van der Waals surface area (Å²) in [7, 11) is 0. The molecule has 0 unspecified atom stereocenters. The number of halogens is 2. The molecule has 0 atom stereocenters. The van der Waals surface area contributed by atoms with Gasteiger partial charge in [-0.15, -0.1) is 0 Å². The van der Waals surface area contributed by atoms with E-state index in [-0.39, 0.29) is 11.2 Å². The Morgan fingerprint density at radius 2 is 2.18 bits per heavy atom. The Kier molecular flexibility index (Phi) is 3.46. The standard InChI is InChI=1S/C13H18BrFN2/c1-13(2)5-6-17(8-13)10-4-3-9(7-16)11(14)12(10)15/h3-4H,5-8,16H2,1-2H3. The average Bonchev–Trinajstić information content (AvgIpc) is 2.63. The maximum absolute atomic E-state index is 14.2. The van der Waals surface area contributed by atoms with Crippen LogP contribution in [0.3, 0.4) is 0 Å². The van der Waals surface area contributed by atoms with Crippen LogP contribution < -0.4 is 10.6 Å². The molecule has 17 heavy (non-hydrogen) atoms. The largest absolute Gasteiger partial charge is 0.369 e. The molecule has 1 aromatic carbocycles. The van der Waals surface area contributed by atoms with Crippen LogP contribution in [0.2, 0.25) is 0 Å². The first kappa shape index (κ1) is 12.8. The summed E-state index contributed by atoms with van der Waals surface area (Å²) < 4.78 is 14.7. The summed E-state index contributed by atoms with van der Waals surface area (Å²) >= 11 is 3.29. The number of benzene rings is 1. The molecule has 2 N–H and O–H groups in total. The van der Waals surface area contributed by atoms with E-state index in [1.54, 1.807) is 0 Å². The van der Waals surface area contributed by atoms with Crippen molar-refractivity contribution in [2.24, 2.45) is 11.1 Å². The molecular weight excluding hydrogens is 283 g/mol. The van der Waals surface area contributed by atoms with Crippen molar-refractivity contribution in [2.75, 3.05) is 18.0 Å². The molecule has 0 bridgehead atoms. The van der Waals surface area contributed by atoms with Gasteiger partial charge in [0.25, 0.3) is 0 Å².